The molecule has 0 unspecified atom stereocenters. The summed E-state index contributed by atoms with van der Waals surface area (Å²) in [4.78, 5) is 2.27. The number of rotatable bonds is 0. The quantitative estimate of drug-likeness (QED) is 0.442. The van der Waals surface area contributed by atoms with Gasteiger partial charge >= 0.3 is 6.85 Å². The zero-order valence-corrected chi connectivity index (χ0v) is 12.1. The monoisotopic (exact) mass is 279 g/mol. The number of allylic oxidation sites excluding steroid dienone is 2. The third-order valence-corrected chi connectivity index (χ3v) is 4.71. The largest absolute Gasteiger partial charge is 0.389 e. The molecule has 0 saturated carbocycles. The Bertz CT molecular complexity index is 997. The van der Waals surface area contributed by atoms with E-state index in [0.717, 1.165) is 0 Å². The van der Waals surface area contributed by atoms with E-state index in [4.69, 9.17) is 0 Å². The number of fused-ring (bicyclic) bond motifs is 7. The van der Waals surface area contributed by atoms with Crippen molar-refractivity contribution in [3.8, 4) is 0 Å². The van der Waals surface area contributed by atoms with Gasteiger partial charge in [-0.3, -0.25) is 0 Å². The van der Waals surface area contributed by atoms with E-state index in [0.29, 0.717) is 6.85 Å². The van der Waals surface area contributed by atoms with Crippen LogP contribution < -0.4 is 5.46 Å². The second kappa shape index (κ2) is 4.38. The highest BCUT2D eigenvalue weighted by Crippen LogP contribution is 2.28. The van der Waals surface area contributed by atoms with Crippen LogP contribution in [0.1, 0.15) is 5.56 Å². The van der Waals surface area contributed by atoms with Crippen LogP contribution in [0.4, 0.5) is 0 Å². The van der Waals surface area contributed by atoms with Gasteiger partial charge in [0.1, 0.15) is 0 Å². The van der Waals surface area contributed by atoms with Crippen LogP contribution in [0.2, 0.25) is 0 Å². The maximum Gasteiger partial charge on any atom is 0.320 e. The van der Waals surface area contributed by atoms with Gasteiger partial charge in [0.15, 0.2) is 0 Å². The Balaban J connectivity index is 1.90. The summed E-state index contributed by atoms with van der Waals surface area (Å²) in [6.45, 7) is 0.301. The highest BCUT2D eigenvalue weighted by Gasteiger charge is 2.27. The Morgan fingerprint density at radius 2 is 1.64 bits per heavy atom. The van der Waals surface area contributed by atoms with Gasteiger partial charge in [-0.05, 0) is 57.1 Å². The molecule has 1 nitrogen and oxygen atoms in total. The van der Waals surface area contributed by atoms with Crippen LogP contribution in [0.5, 0.6) is 0 Å². The summed E-state index contributed by atoms with van der Waals surface area (Å²) >= 11 is 0. The first-order chi connectivity index (χ1) is 10.9. The minimum Gasteiger partial charge on any atom is -0.389 e. The molecule has 22 heavy (non-hydrogen) atoms. The van der Waals surface area contributed by atoms with E-state index in [-0.39, 0.29) is 0 Å². The zero-order valence-electron chi connectivity index (χ0n) is 12.1. The van der Waals surface area contributed by atoms with E-state index < -0.39 is 0 Å². The molecule has 2 heteroatoms. The van der Waals surface area contributed by atoms with E-state index in [1.807, 2.05) is 0 Å². The smallest absolute Gasteiger partial charge is 0.320 e. The van der Waals surface area contributed by atoms with E-state index in [2.05, 4.69) is 89.9 Å². The summed E-state index contributed by atoms with van der Waals surface area (Å²) in [6.07, 6.45) is 10.8. The van der Waals surface area contributed by atoms with E-state index >= 15 is 0 Å². The van der Waals surface area contributed by atoms with Gasteiger partial charge in [0.05, 0.1) is 0 Å². The fraction of sp³-hybridized carbons (Fsp3) is 0. The molecule has 0 spiro atoms. The van der Waals surface area contributed by atoms with Crippen molar-refractivity contribution in [3.63, 3.8) is 0 Å². The average Bonchev–Trinajstić information content (AvgIpc) is 2.60. The summed E-state index contributed by atoms with van der Waals surface area (Å²) in [5.41, 5.74) is 2.73. The van der Waals surface area contributed by atoms with Gasteiger partial charge in [0, 0.05) is 0 Å². The molecule has 0 fully saturated rings. The van der Waals surface area contributed by atoms with Crippen molar-refractivity contribution in [2.75, 3.05) is 0 Å². The number of nitrogens with zero attached hydrogens (tertiary/aromatic N) is 1. The van der Waals surface area contributed by atoms with E-state index in [1.165, 1.54) is 32.6 Å². The van der Waals surface area contributed by atoms with Gasteiger partial charge in [0.2, 0.25) is 0 Å². The first kappa shape index (κ1) is 11.9. The second-order valence-electron chi connectivity index (χ2n) is 5.88. The number of hydrogen-bond acceptors (Lipinski definition) is 1. The highest BCUT2D eigenvalue weighted by molar-refractivity contribution is 6.79. The van der Waals surface area contributed by atoms with Crippen molar-refractivity contribution in [1.82, 2.24) is 4.81 Å². The predicted octanol–water partition coefficient (Wildman–Crippen LogP) is 4.10. The Kier molecular flexibility index (Phi) is 2.36. The lowest BCUT2D eigenvalue weighted by Crippen LogP contribution is -2.46. The fourth-order valence-corrected chi connectivity index (χ4v) is 3.67. The minimum absolute atomic E-state index is 0.301. The summed E-state index contributed by atoms with van der Waals surface area (Å²) in [5.74, 6) is 2.27. The summed E-state index contributed by atoms with van der Waals surface area (Å²) < 4.78 is 0. The van der Waals surface area contributed by atoms with Crippen LogP contribution in [-0.2, 0) is 0 Å². The third kappa shape index (κ3) is 1.55. The topological polar surface area (TPSA) is 3.24 Å². The first-order valence-corrected chi connectivity index (χ1v) is 7.67. The molecule has 0 amide bonds. The van der Waals surface area contributed by atoms with Gasteiger partial charge in [-0.25, -0.2) is 0 Å². The lowest BCUT2D eigenvalue weighted by Gasteiger charge is -2.30. The summed E-state index contributed by atoms with van der Waals surface area (Å²) in [6, 6.07) is 17.7. The molecular weight excluding hydrogens is 265 g/mol. The summed E-state index contributed by atoms with van der Waals surface area (Å²) in [7, 11) is 0. The Labute approximate surface area is 130 Å². The molecule has 0 N–H and O–H groups in total. The van der Waals surface area contributed by atoms with Crippen LogP contribution in [0, 0.1) is 0 Å². The molecule has 2 aliphatic rings. The normalized spacial score (nSPS) is 15.5. The molecule has 3 aromatic carbocycles. The zero-order chi connectivity index (χ0) is 14.5. The number of hydrogen-bond donors (Lipinski definition) is 0. The molecule has 0 radical (unpaired) electrons. The molecular formula is C20H14BN. The van der Waals surface area contributed by atoms with E-state index in [1.54, 1.807) is 0 Å². The van der Waals surface area contributed by atoms with Crippen molar-refractivity contribution in [2.45, 2.75) is 0 Å². The molecule has 0 aromatic heterocycles. The molecule has 2 aliphatic heterocycles. The van der Waals surface area contributed by atoms with Gasteiger partial charge in [0.25, 0.3) is 0 Å². The van der Waals surface area contributed by atoms with E-state index in [9.17, 15) is 0 Å². The lowest BCUT2D eigenvalue weighted by atomic mass is 9.50. The Hall–Kier alpha value is -2.74. The predicted molar refractivity (Wildman–Crippen MR) is 96.0 cm³/mol. The van der Waals surface area contributed by atoms with Crippen molar-refractivity contribution in [1.29, 1.82) is 0 Å². The van der Waals surface area contributed by atoms with Crippen molar-refractivity contribution in [3.05, 3.63) is 84.6 Å². The molecule has 0 aliphatic carbocycles. The first-order valence-electron chi connectivity index (χ1n) is 7.67. The number of benzene rings is 3. The lowest BCUT2D eigenvalue weighted by molar-refractivity contribution is 0.798. The Morgan fingerprint density at radius 1 is 0.727 bits per heavy atom. The van der Waals surface area contributed by atoms with Crippen LogP contribution in [0.15, 0.2) is 79.1 Å². The van der Waals surface area contributed by atoms with Gasteiger partial charge in [-0.2, -0.15) is 0 Å². The molecule has 0 saturated heterocycles. The van der Waals surface area contributed by atoms with Crippen LogP contribution in [-0.4, -0.2) is 11.7 Å². The van der Waals surface area contributed by atoms with Crippen molar-refractivity contribution in [2.24, 2.45) is 0 Å². The maximum atomic E-state index is 2.28. The minimum atomic E-state index is 0.301. The van der Waals surface area contributed by atoms with Crippen LogP contribution in [0.3, 0.4) is 0 Å². The highest BCUT2D eigenvalue weighted by atomic mass is 15.0. The van der Waals surface area contributed by atoms with Crippen molar-refractivity contribution >= 4 is 39.9 Å². The third-order valence-electron chi connectivity index (χ3n) is 4.71. The average molecular weight is 279 g/mol. The summed E-state index contributed by atoms with van der Waals surface area (Å²) in [5, 5.41) is 5.34. The molecule has 3 aromatic rings. The molecule has 0 bridgehead atoms. The SMILES string of the molecule is C1=CB2c3c(ccc4c3ccc3ccccc34)C=CN2C=C1. The standard InChI is InChI=1S/C20H14BN/c1-2-6-17-15(5-1)7-10-19-18(17)9-8-16-11-14-22-13-4-3-12-21(22)20(16)19/h1-14H. The second-order valence-corrected chi connectivity index (χ2v) is 5.88. The van der Waals surface area contributed by atoms with Crippen molar-refractivity contribution < 1.29 is 0 Å². The van der Waals surface area contributed by atoms with Gasteiger partial charge in [-0.1, -0.05) is 60.6 Å². The van der Waals surface area contributed by atoms with Crippen LogP contribution in [0.25, 0.3) is 27.6 Å². The van der Waals surface area contributed by atoms with Gasteiger partial charge in [-0.15, -0.1) is 0 Å². The molecule has 102 valence electrons. The molecule has 5 rings (SSSR count). The Morgan fingerprint density at radius 3 is 2.64 bits per heavy atom. The van der Waals surface area contributed by atoms with Gasteiger partial charge < -0.3 is 4.81 Å². The van der Waals surface area contributed by atoms with Crippen LogP contribution >= 0.6 is 0 Å². The molecule has 2 heterocycles. The molecule has 0 atom stereocenters. The fourth-order valence-electron chi connectivity index (χ4n) is 3.67. The maximum absolute atomic E-state index is 2.28.